The summed E-state index contributed by atoms with van der Waals surface area (Å²) < 4.78 is 1.70. The smallest absolute Gasteiger partial charge is 0.124 e. The first-order valence-corrected chi connectivity index (χ1v) is 5.01. The Bertz CT molecular complexity index is 538. The molecule has 0 saturated carbocycles. The monoisotopic (exact) mass is 236 g/mol. The van der Waals surface area contributed by atoms with Crippen LogP contribution in [0.5, 0.6) is 0 Å². The molecule has 0 bridgehead atoms. The van der Waals surface area contributed by atoms with E-state index in [4.69, 9.17) is 28.5 Å². The molecule has 2 nitrogen and oxygen atoms in total. The Morgan fingerprint density at radius 3 is 2.73 bits per heavy atom. The van der Waals surface area contributed by atoms with Gasteiger partial charge in [0.1, 0.15) is 11.8 Å². The topological polar surface area (TPSA) is 28.7 Å². The minimum Gasteiger partial charge on any atom is -0.307 e. The summed E-state index contributed by atoms with van der Waals surface area (Å²) in [5.41, 5.74) is 1.24. The molecule has 0 atom stereocenters. The molecule has 0 amide bonds. The zero-order valence-electron chi connectivity index (χ0n) is 7.61. The highest BCUT2D eigenvalue weighted by molar-refractivity contribution is 6.34. The molecule has 4 heteroatoms. The first kappa shape index (κ1) is 10.1. The number of hydrogen-bond acceptors (Lipinski definition) is 1. The van der Waals surface area contributed by atoms with Crippen LogP contribution in [0.15, 0.2) is 36.5 Å². The van der Waals surface area contributed by atoms with Crippen molar-refractivity contribution < 1.29 is 0 Å². The van der Waals surface area contributed by atoms with Crippen LogP contribution in [0.1, 0.15) is 5.69 Å². The number of rotatable bonds is 1. The first-order chi connectivity index (χ1) is 7.22. The summed E-state index contributed by atoms with van der Waals surface area (Å²) in [6.45, 7) is 0. The minimum absolute atomic E-state index is 0.527. The van der Waals surface area contributed by atoms with Gasteiger partial charge in [0.05, 0.1) is 10.7 Å². The summed E-state index contributed by atoms with van der Waals surface area (Å²) in [5, 5.41) is 10.0. The lowest BCUT2D eigenvalue weighted by Crippen LogP contribution is -1.95. The second kappa shape index (κ2) is 3.98. The molecular weight excluding hydrogens is 231 g/mol. The molecule has 0 aliphatic rings. The molecule has 1 aromatic carbocycles. The van der Waals surface area contributed by atoms with Crippen LogP contribution in [0.25, 0.3) is 5.69 Å². The lowest BCUT2D eigenvalue weighted by Gasteiger charge is -2.07. The standard InChI is InChI=1S/C11H6Cl2N2/c12-8-3-4-10(13)11(6-8)15-5-1-2-9(15)7-14/h1-6H. The third-order valence-electron chi connectivity index (χ3n) is 2.03. The predicted octanol–water partition coefficient (Wildman–Crippen LogP) is 3.66. The van der Waals surface area contributed by atoms with Gasteiger partial charge in [0.2, 0.25) is 0 Å². The fourth-order valence-corrected chi connectivity index (χ4v) is 1.73. The van der Waals surface area contributed by atoms with Crippen molar-refractivity contribution in [3.63, 3.8) is 0 Å². The maximum Gasteiger partial charge on any atom is 0.124 e. The Morgan fingerprint density at radius 2 is 2.00 bits per heavy atom. The maximum atomic E-state index is 8.88. The van der Waals surface area contributed by atoms with Gasteiger partial charge in [-0.15, -0.1) is 0 Å². The van der Waals surface area contributed by atoms with Gasteiger partial charge in [-0.2, -0.15) is 5.26 Å². The van der Waals surface area contributed by atoms with E-state index in [9.17, 15) is 0 Å². The highest BCUT2D eigenvalue weighted by Crippen LogP contribution is 2.25. The Kier molecular flexibility index (Phi) is 2.68. The number of halogens is 2. The van der Waals surface area contributed by atoms with Gasteiger partial charge in [-0.25, -0.2) is 0 Å². The molecule has 0 aliphatic heterocycles. The fourth-order valence-electron chi connectivity index (χ4n) is 1.35. The normalized spacial score (nSPS) is 9.93. The summed E-state index contributed by atoms with van der Waals surface area (Å²) in [6.07, 6.45) is 1.77. The maximum absolute atomic E-state index is 8.88. The number of nitriles is 1. The fraction of sp³-hybridized carbons (Fsp3) is 0. The average molecular weight is 237 g/mol. The van der Waals surface area contributed by atoms with Crippen molar-refractivity contribution in [1.82, 2.24) is 4.57 Å². The summed E-state index contributed by atoms with van der Waals surface area (Å²) in [7, 11) is 0. The molecule has 0 N–H and O–H groups in total. The van der Waals surface area contributed by atoms with Crippen LogP contribution in [0.2, 0.25) is 10.0 Å². The van der Waals surface area contributed by atoms with Crippen LogP contribution < -0.4 is 0 Å². The molecule has 0 fully saturated rings. The van der Waals surface area contributed by atoms with Crippen molar-refractivity contribution in [1.29, 1.82) is 5.26 Å². The van der Waals surface area contributed by atoms with E-state index < -0.39 is 0 Å². The number of benzene rings is 1. The first-order valence-electron chi connectivity index (χ1n) is 4.25. The van der Waals surface area contributed by atoms with Gasteiger partial charge in [-0.3, -0.25) is 0 Å². The minimum atomic E-state index is 0.527. The van der Waals surface area contributed by atoms with Crippen molar-refractivity contribution in [2.24, 2.45) is 0 Å². The van der Waals surface area contributed by atoms with Gasteiger partial charge in [0, 0.05) is 11.2 Å². The van der Waals surface area contributed by atoms with Crippen molar-refractivity contribution in [2.45, 2.75) is 0 Å². The molecule has 0 saturated heterocycles. The molecular formula is C11H6Cl2N2. The molecule has 0 aliphatic carbocycles. The zero-order chi connectivity index (χ0) is 10.8. The Morgan fingerprint density at radius 1 is 1.20 bits per heavy atom. The molecule has 1 aromatic heterocycles. The molecule has 0 spiro atoms. The Hall–Kier alpha value is -1.43. The van der Waals surface area contributed by atoms with Crippen molar-refractivity contribution in [2.75, 3.05) is 0 Å². The SMILES string of the molecule is N#Cc1cccn1-c1cc(Cl)ccc1Cl. The molecule has 2 aromatic rings. The number of nitrogens with zero attached hydrogens (tertiary/aromatic N) is 2. The van der Waals surface area contributed by atoms with E-state index in [0.29, 0.717) is 21.4 Å². The van der Waals surface area contributed by atoms with Crippen LogP contribution in [0, 0.1) is 11.3 Å². The van der Waals surface area contributed by atoms with Gasteiger partial charge < -0.3 is 4.57 Å². The van der Waals surface area contributed by atoms with E-state index in [1.807, 2.05) is 0 Å². The Balaban J connectivity index is 2.64. The molecule has 1 heterocycles. The number of hydrogen-bond donors (Lipinski definition) is 0. The van der Waals surface area contributed by atoms with E-state index in [0.717, 1.165) is 0 Å². The van der Waals surface area contributed by atoms with Crippen LogP contribution >= 0.6 is 23.2 Å². The van der Waals surface area contributed by atoms with Crippen LogP contribution in [-0.2, 0) is 0 Å². The largest absolute Gasteiger partial charge is 0.307 e. The molecule has 2 rings (SSSR count). The third kappa shape index (κ3) is 1.85. The molecule has 15 heavy (non-hydrogen) atoms. The van der Waals surface area contributed by atoms with Crippen LogP contribution in [0.4, 0.5) is 0 Å². The van der Waals surface area contributed by atoms with Gasteiger partial charge in [0.25, 0.3) is 0 Å². The Labute approximate surface area is 97.3 Å². The lowest BCUT2D eigenvalue weighted by molar-refractivity contribution is 1.05. The summed E-state index contributed by atoms with van der Waals surface area (Å²) in [4.78, 5) is 0. The van der Waals surface area contributed by atoms with Gasteiger partial charge in [-0.1, -0.05) is 23.2 Å². The number of aromatic nitrogens is 1. The molecule has 74 valence electrons. The van der Waals surface area contributed by atoms with E-state index in [2.05, 4.69) is 6.07 Å². The van der Waals surface area contributed by atoms with E-state index in [1.54, 1.807) is 41.1 Å². The zero-order valence-corrected chi connectivity index (χ0v) is 9.13. The lowest BCUT2D eigenvalue weighted by atomic mass is 10.3. The summed E-state index contributed by atoms with van der Waals surface area (Å²) in [6, 6.07) is 10.7. The van der Waals surface area contributed by atoms with Crippen LogP contribution in [-0.4, -0.2) is 4.57 Å². The predicted molar refractivity (Wildman–Crippen MR) is 60.5 cm³/mol. The quantitative estimate of drug-likeness (QED) is 0.743. The second-order valence-electron chi connectivity index (χ2n) is 2.97. The van der Waals surface area contributed by atoms with Crippen LogP contribution in [0.3, 0.4) is 0 Å². The summed E-state index contributed by atoms with van der Waals surface area (Å²) in [5.74, 6) is 0. The van der Waals surface area contributed by atoms with Crippen molar-refractivity contribution in [3.05, 3.63) is 52.3 Å². The van der Waals surface area contributed by atoms with Crippen molar-refractivity contribution in [3.8, 4) is 11.8 Å². The van der Waals surface area contributed by atoms with Gasteiger partial charge in [-0.05, 0) is 30.3 Å². The highest BCUT2D eigenvalue weighted by atomic mass is 35.5. The van der Waals surface area contributed by atoms with Gasteiger partial charge in [0.15, 0.2) is 0 Å². The van der Waals surface area contributed by atoms with Crippen molar-refractivity contribution >= 4 is 23.2 Å². The highest BCUT2D eigenvalue weighted by Gasteiger charge is 2.06. The van der Waals surface area contributed by atoms with E-state index in [1.165, 1.54) is 0 Å². The summed E-state index contributed by atoms with van der Waals surface area (Å²) >= 11 is 11.9. The van der Waals surface area contributed by atoms with E-state index >= 15 is 0 Å². The average Bonchev–Trinajstić information content (AvgIpc) is 2.69. The second-order valence-corrected chi connectivity index (χ2v) is 3.81. The molecule has 0 radical (unpaired) electrons. The third-order valence-corrected chi connectivity index (χ3v) is 2.59. The van der Waals surface area contributed by atoms with Gasteiger partial charge >= 0.3 is 0 Å². The van der Waals surface area contributed by atoms with E-state index in [-0.39, 0.29) is 0 Å². The molecule has 0 unspecified atom stereocenters.